The zero-order chi connectivity index (χ0) is 21.8. The molecule has 162 valence electrons. The number of ether oxygens (including phenoxy) is 2. The summed E-state index contributed by atoms with van der Waals surface area (Å²) < 4.78 is 29.7. The van der Waals surface area contributed by atoms with Crippen LogP contribution in [0.3, 0.4) is 0 Å². The van der Waals surface area contributed by atoms with Crippen LogP contribution in [0.2, 0.25) is 0 Å². The molecule has 4 rings (SSSR count). The first kappa shape index (κ1) is 20.9. The van der Waals surface area contributed by atoms with Crippen LogP contribution in [0.25, 0.3) is 11.3 Å². The zero-order valence-corrected chi connectivity index (χ0v) is 17.7. The van der Waals surface area contributed by atoms with Crippen LogP contribution < -0.4 is 9.47 Å². The van der Waals surface area contributed by atoms with E-state index in [2.05, 4.69) is 5.16 Å². The summed E-state index contributed by atoms with van der Waals surface area (Å²) >= 11 is 0. The minimum absolute atomic E-state index is 0.0738. The Hall–Kier alpha value is -3.35. The topological polar surface area (TPSA) is 64.8 Å². The van der Waals surface area contributed by atoms with Crippen molar-refractivity contribution in [3.05, 3.63) is 65.1 Å². The average molecular weight is 424 g/mol. The number of hydrogen-bond acceptors (Lipinski definition) is 5. The van der Waals surface area contributed by atoms with Crippen molar-refractivity contribution >= 4 is 5.91 Å². The van der Waals surface area contributed by atoms with Gasteiger partial charge in [0.15, 0.2) is 17.3 Å². The normalized spacial score (nSPS) is 13.1. The SMILES string of the molecule is CCOc1ccc(CCC(=O)N2CCc3noc(-c4ccc(F)cc4)c3C2)cc1OC. The number of methoxy groups -OCH3 is 1. The Morgan fingerprint density at radius 2 is 2.00 bits per heavy atom. The van der Waals surface area contributed by atoms with Gasteiger partial charge in [-0.2, -0.15) is 0 Å². The number of amides is 1. The van der Waals surface area contributed by atoms with E-state index >= 15 is 0 Å². The molecule has 1 aliphatic rings. The van der Waals surface area contributed by atoms with Gasteiger partial charge in [-0.3, -0.25) is 4.79 Å². The molecule has 1 amide bonds. The molecule has 6 nitrogen and oxygen atoms in total. The van der Waals surface area contributed by atoms with Crippen LogP contribution in [0.1, 0.15) is 30.2 Å². The Morgan fingerprint density at radius 1 is 1.19 bits per heavy atom. The summed E-state index contributed by atoms with van der Waals surface area (Å²) in [6.45, 7) is 3.53. The summed E-state index contributed by atoms with van der Waals surface area (Å²) in [4.78, 5) is 14.7. The maximum Gasteiger partial charge on any atom is 0.223 e. The van der Waals surface area contributed by atoms with Crippen molar-refractivity contribution in [3.8, 4) is 22.8 Å². The van der Waals surface area contributed by atoms with Gasteiger partial charge in [-0.05, 0) is 55.3 Å². The number of carbonyl (C=O) groups excluding carboxylic acids is 1. The van der Waals surface area contributed by atoms with E-state index in [-0.39, 0.29) is 11.7 Å². The lowest BCUT2D eigenvalue weighted by atomic mass is 10.0. The maximum atomic E-state index is 13.3. The van der Waals surface area contributed by atoms with Crippen molar-refractivity contribution < 1.29 is 23.2 Å². The molecule has 7 heteroatoms. The number of benzene rings is 2. The summed E-state index contributed by atoms with van der Waals surface area (Å²) in [5.41, 5.74) is 3.53. The highest BCUT2D eigenvalue weighted by atomic mass is 19.1. The standard InChI is InChI=1S/C24H25FN2O4/c1-3-30-21-10-4-16(14-22(21)29-2)5-11-23(28)27-13-12-20-19(15-27)24(31-26-20)17-6-8-18(25)9-7-17/h4,6-10,14H,3,5,11-13,15H2,1-2H3. The Labute approximate surface area is 180 Å². The highest BCUT2D eigenvalue weighted by molar-refractivity contribution is 5.77. The number of rotatable bonds is 7. The van der Waals surface area contributed by atoms with Crippen LogP contribution in [-0.2, 0) is 24.2 Å². The van der Waals surface area contributed by atoms with Gasteiger partial charge in [0, 0.05) is 30.5 Å². The summed E-state index contributed by atoms with van der Waals surface area (Å²) in [5.74, 6) is 1.74. The van der Waals surface area contributed by atoms with Crippen LogP contribution in [0, 0.1) is 5.82 Å². The third-order valence-electron chi connectivity index (χ3n) is 5.45. The molecule has 0 saturated carbocycles. The fourth-order valence-electron chi connectivity index (χ4n) is 3.81. The molecule has 0 spiro atoms. The predicted molar refractivity (Wildman–Crippen MR) is 114 cm³/mol. The number of carbonyl (C=O) groups is 1. The number of aromatic nitrogens is 1. The number of halogens is 1. The Kier molecular flexibility index (Phi) is 6.21. The number of nitrogens with zero attached hydrogens (tertiary/aromatic N) is 2. The fraction of sp³-hybridized carbons (Fsp3) is 0.333. The van der Waals surface area contributed by atoms with E-state index in [0.717, 1.165) is 22.4 Å². The minimum atomic E-state index is -0.306. The second-order valence-electron chi connectivity index (χ2n) is 7.43. The van der Waals surface area contributed by atoms with Gasteiger partial charge in [0.05, 0.1) is 26.0 Å². The molecule has 0 N–H and O–H groups in total. The fourth-order valence-corrected chi connectivity index (χ4v) is 3.81. The molecule has 31 heavy (non-hydrogen) atoms. The monoisotopic (exact) mass is 424 g/mol. The number of hydrogen-bond donors (Lipinski definition) is 0. The predicted octanol–water partition coefficient (Wildman–Crippen LogP) is 4.41. The van der Waals surface area contributed by atoms with E-state index in [0.29, 0.717) is 56.2 Å². The van der Waals surface area contributed by atoms with Crippen molar-refractivity contribution in [3.63, 3.8) is 0 Å². The minimum Gasteiger partial charge on any atom is -0.493 e. The van der Waals surface area contributed by atoms with E-state index in [4.69, 9.17) is 14.0 Å². The van der Waals surface area contributed by atoms with Crippen molar-refractivity contribution in [2.45, 2.75) is 32.7 Å². The van der Waals surface area contributed by atoms with E-state index < -0.39 is 0 Å². The molecule has 0 radical (unpaired) electrons. The Bertz CT molecular complexity index is 1060. The first-order valence-electron chi connectivity index (χ1n) is 10.4. The van der Waals surface area contributed by atoms with Gasteiger partial charge in [-0.15, -0.1) is 0 Å². The van der Waals surface area contributed by atoms with Crippen molar-refractivity contribution in [2.75, 3.05) is 20.3 Å². The average Bonchev–Trinajstić information content (AvgIpc) is 3.22. The lowest BCUT2D eigenvalue weighted by Gasteiger charge is -2.26. The van der Waals surface area contributed by atoms with Gasteiger partial charge < -0.3 is 18.9 Å². The molecule has 2 heterocycles. The van der Waals surface area contributed by atoms with Gasteiger partial charge in [-0.25, -0.2) is 4.39 Å². The Balaban J connectivity index is 1.42. The highest BCUT2D eigenvalue weighted by Gasteiger charge is 2.27. The third-order valence-corrected chi connectivity index (χ3v) is 5.45. The van der Waals surface area contributed by atoms with E-state index in [1.807, 2.05) is 30.0 Å². The molecule has 2 aromatic carbocycles. The number of fused-ring (bicyclic) bond motifs is 1. The van der Waals surface area contributed by atoms with E-state index in [1.54, 1.807) is 19.2 Å². The smallest absolute Gasteiger partial charge is 0.223 e. The summed E-state index contributed by atoms with van der Waals surface area (Å²) in [7, 11) is 1.61. The summed E-state index contributed by atoms with van der Waals surface area (Å²) in [5, 5.41) is 4.15. The van der Waals surface area contributed by atoms with Crippen LogP contribution in [0.5, 0.6) is 11.5 Å². The molecule has 0 unspecified atom stereocenters. The molecule has 0 bridgehead atoms. The summed E-state index contributed by atoms with van der Waals surface area (Å²) in [6.07, 6.45) is 1.64. The molecule has 0 saturated heterocycles. The lowest BCUT2D eigenvalue weighted by molar-refractivity contribution is -0.132. The van der Waals surface area contributed by atoms with E-state index in [9.17, 15) is 9.18 Å². The molecule has 0 fully saturated rings. The van der Waals surface area contributed by atoms with Crippen LogP contribution >= 0.6 is 0 Å². The van der Waals surface area contributed by atoms with Crippen LogP contribution in [0.4, 0.5) is 4.39 Å². The van der Waals surface area contributed by atoms with Gasteiger partial charge >= 0.3 is 0 Å². The molecule has 1 aliphatic heterocycles. The van der Waals surface area contributed by atoms with Gasteiger partial charge in [-0.1, -0.05) is 11.2 Å². The first-order valence-corrected chi connectivity index (χ1v) is 10.4. The lowest BCUT2D eigenvalue weighted by Crippen LogP contribution is -2.36. The van der Waals surface area contributed by atoms with Crippen LogP contribution in [0.15, 0.2) is 47.0 Å². The molecule has 0 aliphatic carbocycles. The maximum absolute atomic E-state index is 13.3. The van der Waals surface area contributed by atoms with Gasteiger partial charge in [0.1, 0.15) is 5.82 Å². The van der Waals surface area contributed by atoms with Crippen molar-refractivity contribution in [2.24, 2.45) is 0 Å². The van der Waals surface area contributed by atoms with Gasteiger partial charge in [0.2, 0.25) is 5.91 Å². The highest BCUT2D eigenvalue weighted by Crippen LogP contribution is 2.31. The van der Waals surface area contributed by atoms with Crippen LogP contribution in [-0.4, -0.2) is 36.2 Å². The second-order valence-corrected chi connectivity index (χ2v) is 7.43. The van der Waals surface area contributed by atoms with E-state index in [1.165, 1.54) is 12.1 Å². The number of aryl methyl sites for hydroxylation is 1. The third kappa shape index (κ3) is 4.55. The molecule has 0 atom stereocenters. The molecular weight excluding hydrogens is 399 g/mol. The molecule has 3 aromatic rings. The Morgan fingerprint density at radius 3 is 2.74 bits per heavy atom. The molecule has 1 aromatic heterocycles. The zero-order valence-electron chi connectivity index (χ0n) is 17.7. The second kappa shape index (κ2) is 9.20. The largest absolute Gasteiger partial charge is 0.493 e. The molecular formula is C24H25FN2O4. The quantitative estimate of drug-likeness (QED) is 0.562. The first-order chi connectivity index (χ1) is 15.1. The van der Waals surface area contributed by atoms with Crippen molar-refractivity contribution in [1.82, 2.24) is 10.1 Å². The van der Waals surface area contributed by atoms with Gasteiger partial charge in [0.25, 0.3) is 0 Å². The summed E-state index contributed by atoms with van der Waals surface area (Å²) in [6, 6.07) is 11.9. The van der Waals surface area contributed by atoms with Crippen molar-refractivity contribution in [1.29, 1.82) is 0 Å².